The van der Waals surface area contributed by atoms with Gasteiger partial charge in [0, 0.05) is 22.0 Å². The molecule has 1 aromatic heterocycles. The maximum atomic E-state index is 12.5. The standard InChI is InChI=1S/C19H16BrN3O/c20-16-7-3-6-14(10-16)17-11-18(23-22-17)21-19(24)15-8-12-4-1-2-5-13(12)9-15/h1-7,10-11,15H,8-9H2,(H2,21,22,23,24). The normalized spacial score (nSPS) is 13.7. The number of carbonyl (C=O) groups excluding carboxylic acids is 1. The van der Waals surface area contributed by atoms with Gasteiger partial charge in [-0.15, -0.1) is 0 Å². The third-order valence-electron chi connectivity index (χ3n) is 4.39. The van der Waals surface area contributed by atoms with Crippen LogP contribution in [-0.4, -0.2) is 16.1 Å². The molecular formula is C19H16BrN3O. The van der Waals surface area contributed by atoms with Crippen LogP contribution in [0, 0.1) is 5.92 Å². The number of benzene rings is 2. The number of carbonyl (C=O) groups is 1. The van der Waals surface area contributed by atoms with Crippen LogP contribution < -0.4 is 5.32 Å². The Kier molecular flexibility index (Phi) is 3.94. The molecule has 1 amide bonds. The lowest BCUT2D eigenvalue weighted by Gasteiger charge is -2.07. The van der Waals surface area contributed by atoms with Crippen molar-refractivity contribution in [3.05, 3.63) is 70.2 Å². The lowest BCUT2D eigenvalue weighted by Crippen LogP contribution is -2.23. The number of aromatic amines is 1. The molecule has 120 valence electrons. The van der Waals surface area contributed by atoms with Crippen molar-refractivity contribution in [2.45, 2.75) is 12.8 Å². The van der Waals surface area contributed by atoms with Crippen LogP contribution in [0.4, 0.5) is 5.82 Å². The van der Waals surface area contributed by atoms with Crippen LogP contribution >= 0.6 is 15.9 Å². The first-order valence-electron chi connectivity index (χ1n) is 7.88. The number of nitrogens with zero attached hydrogens (tertiary/aromatic N) is 1. The second-order valence-electron chi connectivity index (χ2n) is 6.04. The van der Waals surface area contributed by atoms with Gasteiger partial charge in [0.1, 0.15) is 0 Å². The van der Waals surface area contributed by atoms with E-state index in [1.54, 1.807) is 0 Å². The quantitative estimate of drug-likeness (QED) is 0.714. The van der Waals surface area contributed by atoms with E-state index in [0.717, 1.165) is 28.6 Å². The Morgan fingerprint density at radius 2 is 1.83 bits per heavy atom. The number of nitrogens with one attached hydrogen (secondary N) is 2. The summed E-state index contributed by atoms with van der Waals surface area (Å²) in [5, 5.41) is 10.1. The Labute approximate surface area is 148 Å². The van der Waals surface area contributed by atoms with Gasteiger partial charge >= 0.3 is 0 Å². The molecule has 24 heavy (non-hydrogen) atoms. The molecule has 0 atom stereocenters. The fourth-order valence-corrected chi connectivity index (χ4v) is 3.56. The molecule has 0 fully saturated rings. The van der Waals surface area contributed by atoms with Crippen LogP contribution in [0.5, 0.6) is 0 Å². The molecule has 0 saturated carbocycles. The summed E-state index contributed by atoms with van der Waals surface area (Å²) in [6.45, 7) is 0. The molecule has 5 heteroatoms. The van der Waals surface area contributed by atoms with E-state index in [1.165, 1.54) is 11.1 Å². The molecule has 1 aliphatic carbocycles. The fraction of sp³-hybridized carbons (Fsp3) is 0.158. The first-order valence-corrected chi connectivity index (χ1v) is 8.67. The van der Waals surface area contributed by atoms with Gasteiger partial charge in [0.25, 0.3) is 0 Å². The van der Waals surface area contributed by atoms with Crippen molar-refractivity contribution in [3.63, 3.8) is 0 Å². The SMILES string of the molecule is O=C(Nc1cc(-c2cccc(Br)c2)[nH]n1)C1Cc2ccccc2C1. The molecule has 1 heterocycles. The molecule has 0 spiro atoms. The number of rotatable bonds is 3. The van der Waals surface area contributed by atoms with Crippen molar-refractivity contribution >= 4 is 27.7 Å². The van der Waals surface area contributed by atoms with Crippen LogP contribution in [0.25, 0.3) is 11.3 Å². The van der Waals surface area contributed by atoms with Gasteiger partial charge < -0.3 is 5.32 Å². The lowest BCUT2D eigenvalue weighted by molar-refractivity contribution is -0.119. The minimum atomic E-state index is -0.0200. The van der Waals surface area contributed by atoms with E-state index < -0.39 is 0 Å². The van der Waals surface area contributed by atoms with E-state index >= 15 is 0 Å². The smallest absolute Gasteiger partial charge is 0.229 e. The second-order valence-corrected chi connectivity index (χ2v) is 6.96. The van der Waals surface area contributed by atoms with Gasteiger partial charge in [0.2, 0.25) is 5.91 Å². The average molecular weight is 382 g/mol. The van der Waals surface area contributed by atoms with E-state index in [-0.39, 0.29) is 11.8 Å². The highest BCUT2D eigenvalue weighted by molar-refractivity contribution is 9.10. The maximum absolute atomic E-state index is 12.5. The van der Waals surface area contributed by atoms with E-state index in [9.17, 15) is 4.79 Å². The Bertz CT molecular complexity index is 878. The number of H-pyrrole nitrogens is 1. The monoisotopic (exact) mass is 381 g/mol. The highest BCUT2D eigenvalue weighted by Gasteiger charge is 2.27. The van der Waals surface area contributed by atoms with E-state index in [1.807, 2.05) is 42.5 Å². The third-order valence-corrected chi connectivity index (χ3v) is 4.88. The van der Waals surface area contributed by atoms with Crippen molar-refractivity contribution in [2.24, 2.45) is 5.92 Å². The topological polar surface area (TPSA) is 57.8 Å². The molecular weight excluding hydrogens is 366 g/mol. The summed E-state index contributed by atoms with van der Waals surface area (Å²) in [6.07, 6.45) is 1.59. The minimum absolute atomic E-state index is 0.0200. The molecule has 1 aliphatic rings. The largest absolute Gasteiger partial charge is 0.309 e. The van der Waals surface area contributed by atoms with Crippen molar-refractivity contribution in [3.8, 4) is 11.3 Å². The number of anilines is 1. The maximum Gasteiger partial charge on any atom is 0.229 e. The molecule has 2 aromatic carbocycles. The molecule has 3 aromatic rings. The summed E-state index contributed by atoms with van der Waals surface area (Å²) in [5.74, 6) is 0.567. The zero-order valence-corrected chi connectivity index (χ0v) is 14.5. The zero-order chi connectivity index (χ0) is 16.5. The number of hydrogen-bond donors (Lipinski definition) is 2. The van der Waals surface area contributed by atoms with Crippen LogP contribution in [0.2, 0.25) is 0 Å². The molecule has 0 aliphatic heterocycles. The van der Waals surface area contributed by atoms with Crippen LogP contribution in [0.15, 0.2) is 59.1 Å². The molecule has 4 rings (SSSR count). The Hall–Kier alpha value is -2.40. The van der Waals surface area contributed by atoms with E-state index in [2.05, 4.69) is 43.6 Å². The van der Waals surface area contributed by atoms with Crippen molar-refractivity contribution in [2.75, 3.05) is 5.32 Å². The number of halogens is 1. The Balaban J connectivity index is 1.46. The summed E-state index contributed by atoms with van der Waals surface area (Å²) in [7, 11) is 0. The van der Waals surface area contributed by atoms with Gasteiger partial charge in [0.15, 0.2) is 5.82 Å². The Morgan fingerprint density at radius 3 is 2.54 bits per heavy atom. The van der Waals surface area contributed by atoms with Gasteiger partial charge in [-0.05, 0) is 36.1 Å². The summed E-state index contributed by atoms with van der Waals surface area (Å²) in [5.41, 5.74) is 4.44. The van der Waals surface area contributed by atoms with E-state index in [0.29, 0.717) is 5.82 Å². The van der Waals surface area contributed by atoms with Gasteiger partial charge in [0.05, 0.1) is 5.69 Å². The number of amides is 1. The van der Waals surface area contributed by atoms with Crippen LogP contribution in [0.1, 0.15) is 11.1 Å². The summed E-state index contributed by atoms with van der Waals surface area (Å²) in [6, 6.07) is 18.1. The summed E-state index contributed by atoms with van der Waals surface area (Å²) < 4.78 is 1.00. The van der Waals surface area contributed by atoms with Crippen molar-refractivity contribution in [1.29, 1.82) is 0 Å². The molecule has 4 nitrogen and oxygen atoms in total. The van der Waals surface area contributed by atoms with Crippen molar-refractivity contribution < 1.29 is 4.79 Å². The summed E-state index contributed by atoms with van der Waals surface area (Å²) in [4.78, 5) is 12.5. The highest BCUT2D eigenvalue weighted by atomic mass is 79.9. The van der Waals surface area contributed by atoms with Gasteiger partial charge in [-0.1, -0.05) is 52.3 Å². The van der Waals surface area contributed by atoms with Crippen molar-refractivity contribution in [1.82, 2.24) is 10.2 Å². The van der Waals surface area contributed by atoms with Crippen LogP contribution in [-0.2, 0) is 17.6 Å². The molecule has 2 N–H and O–H groups in total. The second kappa shape index (κ2) is 6.24. The number of hydrogen-bond acceptors (Lipinski definition) is 2. The van der Waals surface area contributed by atoms with Gasteiger partial charge in [-0.3, -0.25) is 9.89 Å². The highest BCUT2D eigenvalue weighted by Crippen LogP contribution is 2.28. The first-order chi connectivity index (χ1) is 11.7. The number of fused-ring (bicyclic) bond motifs is 1. The molecule has 0 saturated heterocycles. The molecule has 0 radical (unpaired) electrons. The van der Waals surface area contributed by atoms with Crippen LogP contribution in [0.3, 0.4) is 0 Å². The Morgan fingerprint density at radius 1 is 1.08 bits per heavy atom. The zero-order valence-electron chi connectivity index (χ0n) is 12.9. The average Bonchev–Trinajstić information content (AvgIpc) is 3.21. The minimum Gasteiger partial charge on any atom is -0.309 e. The molecule has 0 bridgehead atoms. The third kappa shape index (κ3) is 2.99. The van der Waals surface area contributed by atoms with Gasteiger partial charge in [-0.2, -0.15) is 5.10 Å². The first kappa shape index (κ1) is 15.1. The predicted molar refractivity (Wildman–Crippen MR) is 97.7 cm³/mol. The predicted octanol–water partition coefficient (Wildman–Crippen LogP) is 4.19. The molecule has 0 unspecified atom stereocenters. The summed E-state index contributed by atoms with van der Waals surface area (Å²) >= 11 is 3.46. The van der Waals surface area contributed by atoms with Gasteiger partial charge in [-0.25, -0.2) is 0 Å². The van der Waals surface area contributed by atoms with E-state index in [4.69, 9.17) is 0 Å². The number of aromatic nitrogens is 2. The lowest BCUT2D eigenvalue weighted by atomic mass is 10.1. The fourth-order valence-electron chi connectivity index (χ4n) is 3.16.